The SMILES string of the molecule is CCOC(=O)C1C(c2ccc[nH]c2=O)c2c(cc(F)c3ccoc23)N1Cc1cc2c(=O)n(COC(=O)C(C)(C)C)cnc2cc1F. The van der Waals surface area contributed by atoms with Gasteiger partial charge in [-0.05, 0) is 52.0 Å². The van der Waals surface area contributed by atoms with E-state index in [2.05, 4.69) is 9.97 Å². The van der Waals surface area contributed by atoms with Crippen molar-refractivity contribution >= 4 is 39.5 Å². The van der Waals surface area contributed by atoms with Crippen LogP contribution in [0.5, 0.6) is 0 Å². The third kappa shape index (κ3) is 5.21. The van der Waals surface area contributed by atoms with Crippen LogP contribution in [0.25, 0.3) is 21.9 Å². The maximum atomic E-state index is 15.7. The number of hydrogen-bond acceptors (Lipinski definition) is 9. The molecule has 4 heterocycles. The average Bonchev–Trinajstić information content (AvgIpc) is 3.61. The Balaban J connectivity index is 1.49. The molecule has 0 saturated carbocycles. The predicted octanol–water partition coefficient (Wildman–Crippen LogP) is 4.74. The lowest BCUT2D eigenvalue weighted by molar-refractivity contribution is -0.157. The van der Waals surface area contributed by atoms with Crippen LogP contribution in [0.4, 0.5) is 14.5 Å². The highest BCUT2D eigenvalue weighted by molar-refractivity contribution is 5.95. The van der Waals surface area contributed by atoms with E-state index in [4.69, 9.17) is 13.9 Å². The van der Waals surface area contributed by atoms with Crippen molar-refractivity contribution in [2.75, 3.05) is 11.5 Å². The van der Waals surface area contributed by atoms with E-state index in [-0.39, 0.29) is 51.8 Å². The Morgan fingerprint density at radius 2 is 1.85 bits per heavy atom. The number of halogens is 2. The molecule has 0 bridgehead atoms. The minimum atomic E-state index is -1.23. The second-order valence-corrected chi connectivity index (χ2v) is 12.0. The number of aromatic nitrogens is 3. The zero-order valence-corrected chi connectivity index (χ0v) is 25.4. The minimum Gasteiger partial charge on any atom is -0.464 e. The maximum Gasteiger partial charge on any atom is 0.329 e. The van der Waals surface area contributed by atoms with Crippen LogP contribution >= 0.6 is 0 Å². The largest absolute Gasteiger partial charge is 0.464 e. The van der Waals surface area contributed by atoms with Gasteiger partial charge in [-0.25, -0.2) is 18.6 Å². The molecule has 238 valence electrons. The van der Waals surface area contributed by atoms with E-state index >= 15 is 8.78 Å². The third-order valence-electron chi connectivity index (χ3n) is 7.97. The summed E-state index contributed by atoms with van der Waals surface area (Å²) in [5.41, 5.74) is -0.924. The van der Waals surface area contributed by atoms with Gasteiger partial charge in [0.2, 0.25) is 0 Å². The number of esters is 2. The summed E-state index contributed by atoms with van der Waals surface area (Å²) in [6.07, 6.45) is 3.91. The van der Waals surface area contributed by atoms with Crippen LogP contribution in [0.3, 0.4) is 0 Å². The van der Waals surface area contributed by atoms with E-state index in [0.29, 0.717) is 5.56 Å². The van der Waals surface area contributed by atoms with Crippen LogP contribution in [0, 0.1) is 17.0 Å². The van der Waals surface area contributed by atoms with Gasteiger partial charge < -0.3 is 23.8 Å². The summed E-state index contributed by atoms with van der Waals surface area (Å²) in [7, 11) is 0. The minimum absolute atomic E-state index is 0.0112. The highest BCUT2D eigenvalue weighted by Gasteiger charge is 2.48. The topological polar surface area (TPSA) is 137 Å². The molecular weight excluding hydrogens is 602 g/mol. The number of pyridine rings is 1. The summed E-state index contributed by atoms with van der Waals surface area (Å²) < 4.78 is 48.6. The Hall–Kier alpha value is -5.33. The molecule has 11 nitrogen and oxygen atoms in total. The molecule has 5 aromatic rings. The molecule has 1 aliphatic heterocycles. The monoisotopic (exact) mass is 632 g/mol. The number of nitrogens with zero attached hydrogens (tertiary/aromatic N) is 3. The van der Waals surface area contributed by atoms with Gasteiger partial charge in [0.15, 0.2) is 6.73 Å². The van der Waals surface area contributed by atoms with E-state index in [1.165, 1.54) is 35.6 Å². The normalized spacial score (nSPS) is 16.2. The van der Waals surface area contributed by atoms with E-state index in [0.717, 1.165) is 17.0 Å². The number of furan rings is 1. The zero-order chi connectivity index (χ0) is 32.9. The molecule has 2 unspecified atom stereocenters. The van der Waals surface area contributed by atoms with Crippen molar-refractivity contribution in [3.63, 3.8) is 0 Å². The number of nitrogens with one attached hydrogen (secondary N) is 1. The van der Waals surface area contributed by atoms with Gasteiger partial charge in [0.25, 0.3) is 11.1 Å². The Bertz CT molecular complexity index is 2130. The van der Waals surface area contributed by atoms with Crippen molar-refractivity contribution < 1.29 is 32.3 Å². The molecule has 0 aliphatic carbocycles. The van der Waals surface area contributed by atoms with Crippen molar-refractivity contribution in [2.45, 2.75) is 52.9 Å². The van der Waals surface area contributed by atoms with Crippen molar-refractivity contribution in [1.29, 1.82) is 0 Å². The Labute approximate surface area is 260 Å². The summed E-state index contributed by atoms with van der Waals surface area (Å²) in [5.74, 6) is -3.61. The zero-order valence-electron chi connectivity index (χ0n) is 25.4. The lowest BCUT2D eigenvalue weighted by Crippen LogP contribution is -2.43. The van der Waals surface area contributed by atoms with Gasteiger partial charge in [0.1, 0.15) is 29.6 Å². The van der Waals surface area contributed by atoms with Crippen LogP contribution < -0.4 is 16.0 Å². The fourth-order valence-electron chi connectivity index (χ4n) is 5.77. The fraction of sp³-hybridized carbons (Fsp3) is 0.303. The van der Waals surface area contributed by atoms with E-state index < -0.39 is 58.8 Å². The summed E-state index contributed by atoms with van der Waals surface area (Å²) >= 11 is 0. The molecule has 0 spiro atoms. The maximum absolute atomic E-state index is 15.7. The van der Waals surface area contributed by atoms with Crippen molar-refractivity contribution in [1.82, 2.24) is 14.5 Å². The molecule has 2 aromatic carbocycles. The number of benzene rings is 2. The average molecular weight is 633 g/mol. The van der Waals surface area contributed by atoms with E-state index in [1.807, 2.05) is 0 Å². The van der Waals surface area contributed by atoms with Crippen molar-refractivity contribution in [2.24, 2.45) is 5.41 Å². The highest BCUT2D eigenvalue weighted by atomic mass is 19.1. The van der Waals surface area contributed by atoms with Gasteiger partial charge in [-0.3, -0.25) is 19.0 Å². The molecular formula is C33H30F2N4O7. The summed E-state index contributed by atoms with van der Waals surface area (Å²) in [4.78, 5) is 60.7. The molecule has 0 fully saturated rings. The number of carbonyl (C=O) groups excluding carboxylic acids is 2. The number of hydrogen-bond donors (Lipinski definition) is 1. The first-order valence-electron chi connectivity index (χ1n) is 14.6. The van der Waals surface area contributed by atoms with Gasteiger partial charge in [-0.15, -0.1) is 0 Å². The predicted molar refractivity (Wildman–Crippen MR) is 163 cm³/mol. The van der Waals surface area contributed by atoms with E-state index in [1.54, 1.807) is 39.8 Å². The second-order valence-electron chi connectivity index (χ2n) is 12.0. The van der Waals surface area contributed by atoms with Gasteiger partial charge in [-0.2, -0.15) is 0 Å². The van der Waals surface area contributed by atoms with Crippen LogP contribution in [0.1, 0.15) is 50.3 Å². The lowest BCUT2D eigenvalue weighted by atomic mass is 9.87. The number of fused-ring (bicyclic) bond motifs is 4. The third-order valence-corrected chi connectivity index (χ3v) is 7.97. The fourth-order valence-corrected chi connectivity index (χ4v) is 5.77. The molecule has 0 amide bonds. The van der Waals surface area contributed by atoms with Gasteiger partial charge in [-0.1, -0.05) is 6.07 Å². The van der Waals surface area contributed by atoms with Gasteiger partial charge in [0.05, 0.1) is 40.5 Å². The van der Waals surface area contributed by atoms with Gasteiger partial charge in [0, 0.05) is 41.2 Å². The number of anilines is 1. The number of carbonyl (C=O) groups is 2. The summed E-state index contributed by atoms with van der Waals surface area (Å²) in [5, 5.41) is 0.178. The molecule has 0 saturated heterocycles. The first kappa shape index (κ1) is 30.7. The first-order valence-corrected chi connectivity index (χ1v) is 14.6. The number of rotatable bonds is 7. The Morgan fingerprint density at radius 3 is 2.57 bits per heavy atom. The van der Waals surface area contributed by atoms with E-state index in [9.17, 15) is 19.2 Å². The second kappa shape index (κ2) is 11.5. The van der Waals surface area contributed by atoms with Crippen molar-refractivity contribution in [3.05, 3.63) is 104 Å². The smallest absolute Gasteiger partial charge is 0.329 e. The number of ether oxygens (including phenoxy) is 2. The highest BCUT2D eigenvalue weighted by Crippen LogP contribution is 2.49. The molecule has 6 rings (SSSR count). The van der Waals surface area contributed by atoms with Crippen molar-refractivity contribution in [3.8, 4) is 0 Å². The summed E-state index contributed by atoms with van der Waals surface area (Å²) in [6, 6.07) is 6.97. The number of H-pyrrole nitrogens is 1. The molecule has 2 atom stereocenters. The number of aromatic amines is 1. The molecule has 0 radical (unpaired) electrons. The van der Waals surface area contributed by atoms with Crippen LogP contribution in [-0.4, -0.2) is 39.1 Å². The Kier molecular flexibility index (Phi) is 7.70. The van der Waals surface area contributed by atoms with Crippen LogP contribution in [0.15, 0.2) is 69.2 Å². The molecule has 1 aliphatic rings. The molecule has 1 N–H and O–H groups in total. The standard InChI is InChI=1S/C33H30F2N4O7/c1-5-44-31(42)27-25(19-7-6-9-36-29(19)40)26-24(13-22(35)18-8-10-45-28(18)26)39(27)14-17-11-20-23(12-21(17)34)37-15-38(30(20)41)16-46-32(43)33(2,3)4/h6-13,15,25,27H,5,14,16H2,1-4H3,(H,36,40). The quantitative estimate of drug-likeness (QED) is 0.252. The first-order chi connectivity index (χ1) is 21.9. The van der Waals surface area contributed by atoms with Crippen LogP contribution in [0.2, 0.25) is 0 Å². The van der Waals surface area contributed by atoms with Gasteiger partial charge >= 0.3 is 11.9 Å². The lowest BCUT2D eigenvalue weighted by Gasteiger charge is -2.29. The van der Waals surface area contributed by atoms with Crippen LogP contribution in [-0.2, 0) is 32.3 Å². The molecule has 13 heteroatoms. The molecule has 3 aromatic heterocycles. The Morgan fingerprint density at radius 1 is 1.07 bits per heavy atom. The summed E-state index contributed by atoms with van der Waals surface area (Å²) in [6.45, 7) is 5.93. The molecule has 46 heavy (non-hydrogen) atoms.